The van der Waals surface area contributed by atoms with Gasteiger partial charge in [0.25, 0.3) is 0 Å². The maximum Gasteiger partial charge on any atom is 0.150 e. The Morgan fingerprint density at radius 1 is 0.696 bits per heavy atom. The molecule has 1 nitrogen and oxygen atoms in total. The van der Waals surface area contributed by atoms with Gasteiger partial charge in [0.1, 0.15) is 6.29 Å². The minimum Gasteiger partial charge on any atom is -0.298 e. The minimum atomic E-state index is 0.684. The van der Waals surface area contributed by atoms with E-state index in [-0.39, 0.29) is 0 Å². The van der Waals surface area contributed by atoms with Crippen molar-refractivity contribution in [1.82, 2.24) is 0 Å². The van der Waals surface area contributed by atoms with Crippen LogP contribution in [0.5, 0.6) is 0 Å². The third kappa shape index (κ3) is 3.49. The van der Waals surface area contributed by atoms with Gasteiger partial charge in [-0.25, -0.2) is 0 Å². The molecule has 3 aromatic rings. The smallest absolute Gasteiger partial charge is 0.150 e. The van der Waals surface area contributed by atoms with Crippen LogP contribution < -0.4 is 0 Å². The van der Waals surface area contributed by atoms with Crippen LogP contribution in [0.3, 0.4) is 0 Å². The zero-order valence-corrected chi connectivity index (χ0v) is 14.1. The number of carbonyl (C=O) groups excluding carboxylic acids is 1. The summed E-state index contributed by atoms with van der Waals surface area (Å²) >= 11 is 3.59. The van der Waals surface area contributed by atoms with Gasteiger partial charge in [0.05, 0.1) is 0 Å². The van der Waals surface area contributed by atoms with E-state index in [9.17, 15) is 4.79 Å². The second-order valence-electron chi connectivity index (χ2n) is 5.29. The van der Waals surface area contributed by atoms with Crippen molar-refractivity contribution in [1.29, 1.82) is 0 Å². The van der Waals surface area contributed by atoms with E-state index in [0.29, 0.717) is 5.56 Å². The number of hydrogen-bond donors (Lipinski definition) is 0. The second kappa shape index (κ2) is 6.76. The quantitative estimate of drug-likeness (QED) is 0.502. The fourth-order valence-electron chi connectivity index (χ4n) is 2.49. The SMILES string of the molecule is C=Cc1ccc(-c2cc(Br)cc(-c3ccc(C=O)cc3)c2)cc1. The third-order valence-corrected chi connectivity index (χ3v) is 4.22. The van der Waals surface area contributed by atoms with Gasteiger partial charge in [-0.05, 0) is 46.0 Å². The van der Waals surface area contributed by atoms with Gasteiger partial charge in [-0.1, -0.05) is 77.1 Å². The summed E-state index contributed by atoms with van der Waals surface area (Å²) in [5.41, 5.74) is 6.28. The monoisotopic (exact) mass is 362 g/mol. The molecule has 23 heavy (non-hydrogen) atoms. The van der Waals surface area contributed by atoms with Crippen molar-refractivity contribution < 1.29 is 4.79 Å². The van der Waals surface area contributed by atoms with Crippen LogP contribution in [0.4, 0.5) is 0 Å². The van der Waals surface area contributed by atoms with Crippen molar-refractivity contribution in [2.75, 3.05) is 0 Å². The summed E-state index contributed by atoms with van der Waals surface area (Å²) in [7, 11) is 0. The van der Waals surface area contributed by atoms with Crippen LogP contribution in [0.2, 0.25) is 0 Å². The number of carbonyl (C=O) groups is 1. The zero-order valence-electron chi connectivity index (χ0n) is 12.5. The highest BCUT2D eigenvalue weighted by molar-refractivity contribution is 9.10. The molecule has 0 unspecified atom stereocenters. The summed E-state index contributed by atoms with van der Waals surface area (Å²) < 4.78 is 1.03. The molecule has 0 saturated carbocycles. The molecule has 112 valence electrons. The van der Waals surface area contributed by atoms with Gasteiger partial charge in [0.15, 0.2) is 0 Å². The molecule has 3 rings (SSSR count). The molecule has 0 aliphatic rings. The topological polar surface area (TPSA) is 17.1 Å². The van der Waals surface area contributed by atoms with E-state index in [1.54, 1.807) is 0 Å². The maximum absolute atomic E-state index is 10.8. The number of halogens is 1. The molecule has 0 amide bonds. The molecule has 3 aromatic carbocycles. The number of aldehydes is 1. The van der Waals surface area contributed by atoms with E-state index in [2.05, 4.69) is 65.0 Å². The average Bonchev–Trinajstić information content (AvgIpc) is 2.61. The molecule has 2 heteroatoms. The Bertz CT molecular complexity index is 776. The summed E-state index contributed by atoms with van der Waals surface area (Å²) in [6.07, 6.45) is 2.70. The normalized spacial score (nSPS) is 10.3. The van der Waals surface area contributed by atoms with Gasteiger partial charge in [0, 0.05) is 10.0 Å². The molecule has 0 fully saturated rings. The van der Waals surface area contributed by atoms with E-state index in [4.69, 9.17) is 0 Å². The highest BCUT2D eigenvalue weighted by Gasteiger charge is 2.05. The van der Waals surface area contributed by atoms with E-state index < -0.39 is 0 Å². The van der Waals surface area contributed by atoms with Gasteiger partial charge in [-0.2, -0.15) is 0 Å². The lowest BCUT2D eigenvalue weighted by molar-refractivity contribution is 0.112. The molecular formula is C21H15BrO. The Morgan fingerprint density at radius 3 is 1.61 bits per heavy atom. The standard InChI is InChI=1S/C21H15BrO/c1-2-15-3-7-17(8-4-15)19-11-20(13-21(22)12-19)18-9-5-16(14-23)6-10-18/h2-14H,1H2. The maximum atomic E-state index is 10.8. The summed E-state index contributed by atoms with van der Waals surface area (Å²) in [6, 6.07) is 22.3. The Hall–Kier alpha value is -2.45. The van der Waals surface area contributed by atoms with Crippen LogP contribution in [0.15, 0.2) is 77.8 Å². The number of hydrogen-bond acceptors (Lipinski definition) is 1. The zero-order chi connectivity index (χ0) is 16.2. The van der Waals surface area contributed by atoms with Crippen molar-refractivity contribution in [3.63, 3.8) is 0 Å². The van der Waals surface area contributed by atoms with Crippen molar-refractivity contribution in [2.45, 2.75) is 0 Å². The fourth-order valence-corrected chi connectivity index (χ4v) is 2.98. The van der Waals surface area contributed by atoms with Crippen LogP contribution in [0.25, 0.3) is 28.3 Å². The van der Waals surface area contributed by atoms with Crippen molar-refractivity contribution in [3.05, 3.63) is 88.9 Å². The van der Waals surface area contributed by atoms with Gasteiger partial charge in [-0.3, -0.25) is 4.79 Å². The summed E-state index contributed by atoms with van der Waals surface area (Å²) in [5.74, 6) is 0. The lowest BCUT2D eigenvalue weighted by atomic mass is 9.98. The number of rotatable bonds is 4. The molecule has 0 aliphatic heterocycles. The molecule has 0 radical (unpaired) electrons. The summed E-state index contributed by atoms with van der Waals surface area (Å²) in [5, 5.41) is 0. The average molecular weight is 363 g/mol. The first-order chi connectivity index (χ1) is 11.2. The molecule has 0 atom stereocenters. The highest BCUT2D eigenvalue weighted by Crippen LogP contribution is 2.30. The minimum absolute atomic E-state index is 0.684. The molecule has 0 heterocycles. The first kappa shape index (κ1) is 15.4. The van der Waals surface area contributed by atoms with Gasteiger partial charge in [0.2, 0.25) is 0 Å². The molecule has 0 bridgehead atoms. The van der Waals surface area contributed by atoms with Crippen LogP contribution in [-0.2, 0) is 0 Å². The Labute approximate surface area is 144 Å². The lowest BCUT2D eigenvalue weighted by Gasteiger charge is -2.08. The van der Waals surface area contributed by atoms with E-state index >= 15 is 0 Å². The molecule has 0 spiro atoms. The van der Waals surface area contributed by atoms with Crippen molar-refractivity contribution in [3.8, 4) is 22.3 Å². The predicted octanol–water partition coefficient (Wildman–Crippen LogP) is 6.24. The van der Waals surface area contributed by atoms with Gasteiger partial charge < -0.3 is 0 Å². The second-order valence-corrected chi connectivity index (χ2v) is 6.21. The van der Waals surface area contributed by atoms with Gasteiger partial charge >= 0.3 is 0 Å². The Kier molecular flexibility index (Phi) is 4.54. The largest absolute Gasteiger partial charge is 0.298 e. The van der Waals surface area contributed by atoms with Crippen molar-refractivity contribution >= 4 is 28.3 Å². The molecular weight excluding hydrogens is 348 g/mol. The molecule has 0 aromatic heterocycles. The first-order valence-electron chi connectivity index (χ1n) is 7.29. The first-order valence-corrected chi connectivity index (χ1v) is 8.08. The van der Waals surface area contributed by atoms with Gasteiger partial charge in [-0.15, -0.1) is 0 Å². The van der Waals surface area contributed by atoms with Crippen LogP contribution >= 0.6 is 15.9 Å². The van der Waals surface area contributed by atoms with E-state index in [1.807, 2.05) is 30.3 Å². The lowest BCUT2D eigenvalue weighted by Crippen LogP contribution is -1.84. The van der Waals surface area contributed by atoms with E-state index in [1.165, 1.54) is 0 Å². The number of benzene rings is 3. The summed E-state index contributed by atoms with van der Waals surface area (Å²) in [6.45, 7) is 3.78. The van der Waals surface area contributed by atoms with Crippen LogP contribution in [0, 0.1) is 0 Å². The van der Waals surface area contributed by atoms with Crippen molar-refractivity contribution in [2.24, 2.45) is 0 Å². The Balaban J connectivity index is 2.03. The van der Waals surface area contributed by atoms with E-state index in [0.717, 1.165) is 38.6 Å². The molecule has 0 N–H and O–H groups in total. The Morgan fingerprint density at radius 2 is 1.17 bits per heavy atom. The predicted molar refractivity (Wildman–Crippen MR) is 100 cm³/mol. The van der Waals surface area contributed by atoms with Crippen LogP contribution in [0.1, 0.15) is 15.9 Å². The highest BCUT2D eigenvalue weighted by atomic mass is 79.9. The molecule has 0 saturated heterocycles. The fraction of sp³-hybridized carbons (Fsp3) is 0. The molecule has 0 aliphatic carbocycles. The van der Waals surface area contributed by atoms with Crippen LogP contribution in [-0.4, -0.2) is 6.29 Å². The third-order valence-electron chi connectivity index (χ3n) is 3.76. The summed E-state index contributed by atoms with van der Waals surface area (Å²) in [4.78, 5) is 10.8.